The zero-order chi connectivity index (χ0) is 23.0. The highest BCUT2D eigenvalue weighted by atomic mass is 79.9. The molecule has 0 unspecified atom stereocenters. The molecule has 0 atom stereocenters. The summed E-state index contributed by atoms with van der Waals surface area (Å²) in [4.78, 5) is 24.7. The zero-order valence-corrected chi connectivity index (χ0v) is 20.3. The second-order valence-corrected chi connectivity index (χ2v) is 8.64. The minimum Gasteiger partial charge on any atom is -0.492 e. The Hall–Kier alpha value is -2.65. The fourth-order valence-electron chi connectivity index (χ4n) is 2.59. The molecule has 3 N–H and O–H groups in total. The summed E-state index contributed by atoms with van der Waals surface area (Å²) in [6.45, 7) is 8.12. The minimum atomic E-state index is -0.460. The molecule has 0 aliphatic carbocycles. The molecule has 7 nitrogen and oxygen atoms in total. The number of para-hydroxylation sites is 1. The Morgan fingerprint density at radius 2 is 1.74 bits per heavy atom. The molecule has 0 bridgehead atoms. The first kappa shape index (κ1) is 24.6. The van der Waals surface area contributed by atoms with Gasteiger partial charge in [-0.25, -0.2) is 0 Å². The maximum Gasteiger partial charge on any atom is 0.276 e. The fourth-order valence-corrected chi connectivity index (χ4v) is 3.10. The summed E-state index contributed by atoms with van der Waals surface area (Å²) in [7, 11) is 0. The average molecular weight is 508 g/mol. The van der Waals surface area contributed by atoms with E-state index in [1.54, 1.807) is 18.2 Å². The summed E-state index contributed by atoms with van der Waals surface area (Å²) in [6, 6.07) is 10.9. The third-order valence-electron chi connectivity index (χ3n) is 4.06. The molecule has 2 aromatic carbocycles. The Morgan fingerprint density at radius 1 is 1.06 bits per heavy atom. The number of hydrazine groups is 1. The van der Waals surface area contributed by atoms with Crippen LogP contribution < -0.4 is 25.6 Å². The number of carbonyl (C=O) groups is 2. The molecule has 0 heterocycles. The number of aryl methyl sites for hydroxylation is 2. The van der Waals surface area contributed by atoms with E-state index in [9.17, 15) is 9.59 Å². The molecule has 0 aromatic heterocycles. The van der Waals surface area contributed by atoms with Crippen molar-refractivity contribution in [2.24, 2.45) is 5.92 Å². The number of halogens is 1. The zero-order valence-electron chi connectivity index (χ0n) is 17.9. The molecule has 31 heavy (non-hydrogen) atoms. The van der Waals surface area contributed by atoms with Gasteiger partial charge in [-0.1, -0.05) is 48.0 Å². The number of nitrogens with one attached hydrogen (secondary N) is 3. The van der Waals surface area contributed by atoms with Crippen LogP contribution in [0.1, 0.15) is 35.3 Å². The van der Waals surface area contributed by atoms with Crippen molar-refractivity contribution in [3.8, 4) is 11.5 Å². The van der Waals surface area contributed by atoms with Crippen molar-refractivity contribution in [1.29, 1.82) is 0 Å². The van der Waals surface area contributed by atoms with Crippen LogP contribution in [0.4, 0.5) is 0 Å². The van der Waals surface area contributed by atoms with E-state index in [0.717, 1.165) is 15.6 Å². The maximum atomic E-state index is 12.6. The van der Waals surface area contributed by atoms with Crippen LogP contribution in [0.5, 0.6) is 11.5 Å². The molecular weight excluding hydrogens is 482 g/mol. The number of amides is 2. The molecule has 0 aliphatic rings. The number of hydrogen-bond donors (Lipinski definition) is 3. The third kappa shape index (κ3) is 7.84. The molecular formula is C22H26BrN3O4S. The monoisotopic (exact) mass is 507 g/mol. The van der Waals surface area contributed by atoms with Gasteiger partial charge in [0.05, 0.1) is 12.2 Å². The van der Waals surface area contributed by atoms with E-state index in [1.807, 2.05) is 45.9 Å². The highest BCUT2D eigenvalue weighted by molar-refractivity contribution is 9.10. The summed E-state index contributed by atoms with van der Waals surface area (Å²) in [5.41, 5.74) is 7.10. The van der Waals surface area contributed by atoms with Crippen LogP contribution in [0.2, 0.25) is 0 Å². The van der Waals surface area contributed by atoms with Gasteiger partial charge >= 0.3 is 0 Å². The Balaban J connectivity index is 1.87. The first-order valence-electron chi connectivity index (χ1n) is 9.69. The minimum absolute atomic E-state index is 0.0554. The van der Waals surface area contributed by atoms with Crippen molar-refractivity contribution >= 4 is 45.1 Å². The van der Waals surface area contributed by atoms with Crippen molar-refractivity contribution in [1.82, 2.24) is 16.2 Å². The van der Waals surface area contributed by atoms with Crippen molar-refractivity contribution in [2.45, 2.75) is 27.7 Å². The Kier molecular flexibility index (Phi) is 9.26. The Morgan fingerprint density at radius 3 is 2.39 bits per heavy atom. The molecule has 0 spiro atoms. The molecule has 2 rings (SSSR count). The summed E-state index contributed by atoms with van der Waals surface area (Å²) >= 11 is 8.45. The van der Waals surface area contributed by atoms with E-state index < -0.39 is 11.8 Å². The normalized spacial score (nSPS) is 10.4. The molecule has 0 radical (unpaired) electrons. The smallest absolute Gasteiger partial charge is 0.276 e. The van der Waals surface area contributed by atoms with Crippen LogP contribution in [-0.4, -0.2) is 30.1 Å². The lowest BCUT2D eigenvalue weighted by Crippen LogP contribution is -2.49. The number of thiocarbonyl (C=S) groups is 1. The van der Waals surface area contributed by atoms with E-state index >= 15 is 0 Å². The summed E-state index contributed by atoms with van der Waals surface area (Å²) in [6.07, 6.45) is 0. The quantitative estimate of drug-likeness (QED) is 0.390. The first-order chi connectivity index (χ1) is 14.7. The topological polar surface area (TPSA) is 88.7 Å². The average Bonchev–Trinajstić information content (AvgIpc) is 2.70. The second kappa shape index (κ2) is 11.7. The van der Waals surface area contributed by atoms with Gasteiger partial charge in [-0.2, -0.15) is 0 Å². The van der Waals surface area contributed by atoms with E-state index in [1.165, 1.54) is 0 Å². The fraction of sp³-hybridized carbons (Fsp3) is 0.318. The van der Waals surface area contributed by atoms with Crippen molar-refractivity contribution in [3.05, 3.63) is 57.6 Å². The Labute approximate surface area is 196 Å². The molecule has 2 amide bonds. The molecule has 0 aliphatic heterocycles. The van der Waals surface area contributed by atoms with Crippen molar-refractivity contribution < 1.29 is 19.1 Å². The van der Waals surface area contributed by atoms with Crippen LogP contribution in [0.15, 0.2) is 40.9 Å². The number of hydrogen-bond acceptors (Lipinski definition) is 5. The number of benzene rings is 2. The maximum absolute atomic E-state index is 12.6. The van der Waals surface area contributed by atoms with Crippen LogP contribution in [0.25, 0.3) is 0 Å². The lowest BCUT2D eigenvalue weighted by atomic mass is 10.1. The standard InChI is InChI=1S/C22H26BrN3O4S/c1-13(2)11-29-18-9-8-16(23)10-17(18)21(28)24-22(31)26-25-19(27)12-30-20-14(3)6-5-7-15(20)4/h5-10,13H,11-12H2,1-4H3,(H,25,27)(H2,24,26,28,31). The van der Waals surface area contributed by atoms with E-state index in [0.29, 0.717) is 29.6 Å². The molecule has 9 heteroatoms. The number of ether oxygens (including phenoxy) is 2. The van der Waals surface area contributed by atoms with Gasteiger partial charge in [0.1, 0.15) is 11.5 Å². The third-order valence-corrected chi connectivity index (χ3v) is 4.75. The van der Waals surface area contributed by atoms with E-state index in [2.05, 4.69) is 32.1 Å². The molecule has 166 valence electrons. The van der Waals surface area contributed by atoms with Gasteiger partial charge in [0.2, 0.25) is 0 Å². The summed E-state index contributed by atoms with van der Waals surface area (Å²) < 4.78 is 12.0. The number of carbonyl (C=O) groups excluding carboxylic acids is 2. The van der Waals surface area contributed by atoms with Gasteiger partial charge in [-0.05, 0) is 61.3 Å². The highest BCUT2D eigenvalue weighted by Gasteiger charge is 2.16. The predicted octanol–water partition coefficient (Wildman–Crippen LogP) is 3.82. The van der Waals surface area contributed by atoms with Gasteiger partial charge < -0.3 is 9.47 Å². The van der Waals surface area contributed by atoms with Gasteiger partial charge in [0.15, 0.2) is 11.7 Å². The number of rotatable bonds is 7. The van der Waals surface area contributed by atoms with Crippen LogP contribution in [0.3, 0.4) is 0 Å². The van der Waals surface area contributed by atoms with E-state index in [4.69, 9.17) is 21.7 Å². The van der Waals surface area contributed by atoms with Gasteiger partial charge in [0, 0.05) is 4.47 Å². The van der Waals surface area contributed by atoms with E-state index in [-0.39, 0.29) is 11.7 Å². The molecule has 0 saturated carbocycles. The highest BCUT2D eigenvalue weighted by Crippen LogP contribution is 2.24. The van der Waals surface area contributed by atoms with Crippen molar-refractivity contribution in [2.75, 3.05) is 13.2 Å². The Bertz CT molecular complexity index is 946. The second-order valence-electron chi connectivity index (χ2n) is 7.31. The van der Waals surface area contributed by atoms with Gasteiger partial charge in [0.25, 0.3) is 11.8 Å². The van der Waals surface area contributed by atoms with Crippen LogP contribution in [0, 0.1) is 19.8 Å². The first-order valence-corrected chi connectivity index (χ1v) is 10.9. The van der Waals surface area contributed by atoms with Gasteiger partial charge in [-0.3, -0.25) is 25.8 Å². The SMILES string of the molecule is Cc1cccc(C)c1OCC(=O)NNC(=S)NC(=O)c1cc(Br)ccc1OCC(C)C. The van der Waals surface area contributed by atoms with Crippen molar-refractivity contribution in [3.63, 3.8) is 0 Å². The molecule has 0 saturated heterocycles. The molecule has 0 fully saturated rings. The van der Waals surface area contributed by atoms with Crippen LogP contribution >= 0.6 is 28.1 Å². The summed E-state index contributed by atoms with van der Waals surface area (Å²) in [5.74, 6) is 0.518. The lowest BCUT2D eigenvalue weighted by molar-refractivity contribution is -0.123. The summed E-state index contributed by atoms with van der Waals surface area (Å²) in [5, 5.41) is 2.47. The van der Waals surface area contributed by atoms with Crippen LogP contribution in [-0.2, 0) is 4.79 Å². The largest absolute Gasteiger partial charge is 0.492 e. The lowest BCUT2D eigenvalue weighted by Gasteiger charge is -2.15. The predicted molar refractivity (Wildman–Crippen MR) is 127 cm³/mol. The molecule has 2 aromatic rings. The van der Waals surface area contributed by atoms with Gasteiger partial charge in [-0.15, -0.1) is 0 Å².